The molecule has 0 aliphatic rings. The first kappa shape index (κ1) is 10.4. The van der Waals surface area contributed by atoms with E-state index in [-0.39, 0.29) is 0 Å². The van der Waals surface area contributed by atoms with Crippen LogP contribution >= 0.6 is 0 Å². The number of hydrogen-bond donors (Lipinski definition) is 0. The van der Waals surface area contributed by atoms with Crippen LogP contribution in [0.15, 0.2) is 37.1 Å². The van der Waals surface area contributed by atoms with Gasteiger partial charge in [0, 0.05) is 6.20 Å². The smallest absolute Gasteiger partial charge is 0.133 e. The molecule has 2 nitrogen and oxygen atoms in total. The summed E-state index contributed by atoms with van der Waals surface area (Å²) in [5.41, 5.74) is 0. The molecule has 0 amide bonds. The van der Waals surface area contributed by atoms with Crippen LogP contribution in [0.3, 0.4) is 0 Å². The third-order valence-electron chi connectivity index (χ3n) is 1.76. The van der Waals surface area contributed by atoms with E-state index in [1.807, 2.05) is 37.4 Å². The Kier molecular flexibility index (Phi) is 3.80. The molecule has 0 radical (unpaired) electrons. The average molecular weight is 189 g/mol. The molecule has 2 heteroatoms. The van der Waals surface area contributed by atoms with Crippen LogP contribution in [0.1, 0.15) is 6.92 Å². The lowest BCUT2D eigenvalue weighted by Crippen LogP contribution is -2.31. The highest BCUT2D eigenvalue weighted by Crippen LogP contribution is 1.76. The Labute approximate surface area is 84.1 Å². The molecule has 0 aliphatic heterocycles. The molecule has 0 fully saturated rings. The van der Waals surface area contributed by atoms with E-state index in [4.69, 9.17) is 4.84 Å². The Bertz CT molecular complexity index is 426. The first-order valence-corrected chi connectivity index (χ1v) is 4.53. The maximum absolute atomic E-state index is 5.40. The van der Waals surface area contributed by atoms with Gasteiger partial charge in [0.05, 0.1) is 5.35 Å². The van der Waals surface area contributed by atoms with Gasteiger partial charge in [0.25, 0.3) is 0 Å². The minimum Gasteiger partial charge on any atom is -0.410 e. The van der Waals surface area contributed by atoms with Crippen LogP contribution in [0.25, 0.3) is 12.7 Å². The van der Waals surface area contributed by atoms with E-state index in [0.717, 1.165) is 10.6 Å². The van der Waals surface area contributed by atoms with Gasteiger partial charge in [-0.05, 0) is 24.3 Å². The zero-order valence-corrected chi connectivity index (χ0v) is 8.44. The fourth-order valence-corrected chi connectivity index (χ4v) is 1.08. The van der Waals surface area contributed by atoms with Crippen molar-refractivity contribution >= 4 is 12.7 Å². The largest absolute Gasteiger partial charge is 0.410 e. The Hall–Kier alpha value is -1.70. The summed E-state index contributed by atoms with van der Waals surface area (Å²) in [6.45, 7) is 9.97. The van der Waals surface area contributed by atoms with Gasteiger partial charge in [-0.1, -0.05) is 31.4 Å². The van der Waals surface area contributed by atoms with Gasteiger partial charge in [-0.25, -0.2) is 0 Å². The molecule has 0 aliphatic carbocycles. The predicted octanol–water partition coefficient (Wildman–Crippen LogP) is 0.870. The Morgan fingerprint density at radius 1 is 1.57 bits per heavy atom. The van der Waals surface area contributed by atoms with E-state index in [1.165, 1.54) is 0 Å². The van der Waals surface area contributed by atoms with Crippen molar-refractivity contribution in [3.05, 3.63) is 47.6 Å². The summed E-state index contributed by atoms with van der Waals surface area (Å²) in [5.74, 6) is 0. The standard InChI is InChI=1S/C12H15NO/c1-4-6-7-12-11(3)8-9-13(12)14-10-5-2/h4-9H,2-3,10H2,1H3/b6-4-,12-7+. The maximum atomic E-state index is 5.40. The lowest BCUT2D eigenvalue weighted by molar-refractivity contribution is 0.129. The summed E-state index contributed by atoms with van der Waals surface area (Å²) < 4.78 is 1.70. The van der Waals surface area contributed by atoms with E-state index in [0.29, 0.717) is 6.61 Å². The van der Waals surface area contributed by atoms with Gasteiger partial charge in [-0.3, -0.25) is 0 Å². The molecule has 0 saturated carbocycles. The molecule has 0 bridgehead atoms. The van der Waals surface area contributed by atoms with Crippen molar-refractivity contribution < 1.29 is 4.84 Å². The normalized spacial score (nSPS) is 12.2. The van der Waals surface area contributed by atoms with Crippen molar-refractivity contribution in [3.63, 3.8) is 0 Å². The fourth-order valence-electron chi connectivity index (χ4n) is 1.08. The average Bonchev–Trinajstić information content (AvgIpc) is 2.53. The summed E-state index contributed by atoms with van der Waals surface area (Å²) in [6, 6.07) is 1.92. The number of nitrogens with zero attached hydrogens (tertiary/aromatic N) is 1. The summed E-state index contributed by atoms with van der Waals surface area (Å²) >= 11 is 0. The molecule has 0 saturated heterocycles. The van der Waals surface area contributed by atoms with Crippen molar-refractivity contribution in [2.45, 2.75) is 6.92 Å². The first-order chi connectivity index (χ1) is 6.79. The summed E-state index contributed by atoms with van der Waals surface area (Å²) in [5, 5.41) is 1.91. The zero-order valence-electron chi connectivity index (χ0n) is 8.44. The third-order valence-corrected chi connectivity index (χ3v) is 1.76. The molecular formula is C12H15NO. The predicted molar refractivity (Wildman–Crippen MR) is 60.1 cm³/mol. The molecule has 0 aromatic carbocycles. The van der Waals surface area contributed by atoms with Gasteiger partial charge in [-0.2, -0.15) is 4.73 Å². The molecule has 74 valence electrons. The lowest BCUT2D eigenvalue weighted by atomic mass is 10.4. The minimum atomic E-state index is 0.491. The molecule has 1 aromatic rings. The summed E-state index contributed by atoms with van der Waals surface area (Å²) in [7, 11) is 0. The number of rotatable bonds is 4. The zero-order chi connectivity index (χ0) is 10.4. The number of hydrogen-bond acceptors (Lipinski definition) is 1. The summed E-state index contributed by atoms with van der Waals surface area (Å²) in [4.78, 5) is 5.40. The second kappa shape index (κ2) is 5.12. The van der Waals surface area contributed by atoms with Gasteiger partial charge < -0.3 is 4.84 Å². The van der Waals surface area contributed by atoms with Crippen LogP contribution < -0.4 is 15.4 Å². The van der Waals surface area contributed by atoms with Crippen molar-refractivity contribution in [1.82, 2.24) is 4.73 Å². The Morgan fingerprint density at radius 3 is 3.00 bits per heavy atom. The molecule has 1 heterocycles. The van der Waals surface area contributed by atoms with Crippen LogP contribution in [-0.2, 0) is 0 Å². The Morgan fingerprint density at radius 2 is 2.36 bits per heavy atom. The van der Waals surface area contributed by atoms with E-state index in [1.54, 1.807) is 10.8 Å². The van der Waals surface area contributed by atoms with Crippen LogP contribution in [0.5, 0.6) is 0 Å². The molecule has 1 rings (SSSR count). The van der Waals surface area contributed by atoms with Gasteiger partial charge >= 0.3 is 0 Å². The van der Waals surface area contributed by atoms with E-state index < -0.39 is 0 Å². The number of allylic oxidation sites excluding steroid dienone is 2. The minimum absolute atomic E-state index is 0.491. The maximum Gasteiger partial charge on any atom is 0.133 e. The SMILES string of the molecule is C=CCOn1ccc(=C)/c1=C\C=C/C. The Balaban J connectivity index is 3.06. The molecule has 1 aromatic heterocycles. The second-order valence-corrected chi connectivity index (χ2v) is 2.83. The second-order valence-electron chi connectivity index (χ2n) is 2.83. The van der Waals surface area contributed by atoms with Crippen LogP contribution in [-0.4, -0.2) is 11.3 Å². The van der Waals surface area contributed by atoms with E-state index in [9.17, 15) is 0 Å². The third kappa shape index (κ3) is 2.39. The van der Waals surface area contributed by atoms with Gasteiger partial charge in [-0.15, -0.1) is 0 Å². The van der Waals surface area contributed by atoms with Crippen molar-refractivity contribution in [2.24, 2.45) is 0 Å². The molecule has 0 N–H and O–H groups in total. The van der Waals surface area contributed by atoms with Crippen molar-refractivity contribution in [2.75, 3.05) is 6.61 Å². The van der Waals surface area contributed by atoms with Crippen LogP contribution in [0.2, 0.25) is 0 Å². The topological polar surface area (TPSA) is 14.2 Å². The first-order valence-electron chi connectivity index (χ1n) is 4.53. The van der Waals surface area contributed by atoms with Gasteiger partial charge in [0.1, 0.15) is 6.61 Å². The highest BCUT2D eigenvalue weighted by atomic mass is 16.7. The monoisotopic (exact) mass is 189 g/mol. The van der Waals surface area contributed by atoms with Crippen LogP contribution in [0.4, 0.5) is 0 Å². The van der Waals surface area contributed by atoms with Gasteiger partial charge in [0.2, 0.25) is 0 Å². The molecule has 14 heavy (non-hydrogen) atoms. The van der Waals surface area contributed by atoms with Gasteiger partial charge in [0.15, 0.2) is 0 Å². The fraction of sp³-hybridized carbons (Fsp3) is 0.167. The van der Waals surface area contributed by atoms with Crippen molar-refractivity contribution in [3.8, 4) is 0 Å². The molecule has 0 unspecified atom stereocenters. The summed E-state index contributed by atoms with van der Waals surface area (Å²) in [6.07, 6.45) is 9.44. The van der Waals surface area contributed by atoms with Crippen LogP contribution in [0, 0.1) is 0 Å². The highest BCUT2D eigenvalue weighted by molar-refractivity contribution is 5.35. The molecule has 0 atom stereocenters. The molecule has 0 spiro atoms. The van der Waals surface area contributed by atoms with E-state index in [2.05, 4.69) is 13.2 Å². The highest BCUT2D eigenvalue weighted by Gasteiger charge is 1.92. The van der Waals surface area contributed by atoms with Crippen molar-refractivity contribution in [1.29, 1.82) is 0 Å². The quantitative estimate of drug-likeness (QED) is 0.641. The lowest BCUT2D eigenvalue weighted by Gasteiger charge is -2.03. The molecular weight excluding hydrogens is 174 g/mol. The van der Waals surface area contributed by atoms with E-state index >= 15 is 0 Å². The number of aromatic nitrogens is 1.